The van der Waals surface area contributed by atoms with Crippen LogP contribution in [0.2, 0.25) is 0 Å². The molecule has 17 heteroatoms. The number of carbonyl (C=O) groups is 3. The molecular formula is C76H61N5O12. The molecule has 17 nitrogen and oxygen atoms in total. The molecule has 1 saturated heterocycles. The fourth-order valence-corrected chi connectivity index (χ4v) is 13.9. The van der Waals surface area contributed by atoms with Gasteiger partial charge in [-0.15, -0.1) is 0 Å². The quantitative estimate of drug-likeness (QED) is 0.0495. The van der Waals surface area contributed by atoms with Crippen molar-refractivity contribution < 1.29 is 57.4 Å². The van der Waals surface area contributed by atoms with Gasteiger partial charge >= 0.3 is 18.4 Å². The highest BCUT2D eigenvalue weighted by Crippen LogP contribution is 2.48. The number of aliphatic hydroxyl groups excluding tert-OH is 1. The van der Waals surface area contributed by atoms with Gasteiger partial charge < -0.3 is 47.6 Å². The third-order valence-electron chi connectivity index (χ3n) is 18.3. The lowest BCUT2D eigenvalue weighted by atomic mass is 9.80. The van der Waals surface area contributed by atoms with Gasteiger partial charge in [0.15, 0.2) is 17.3 Å². The highest BCUT2D eigenvalue weighted by molar-refractivity contribution is 5.87. The van der Waals surface area contributed by atoms with Gasteiger partial charge in [0, 0.05) is 17.8 Å². The maximum absolute atomic E-state index is 14.6. The molecule has 4 atom stereocenters. The third-order valence-corrected chi connectivity index (χ3v) is 18.3. The summed E-state index contributed by atoms with van der Waals surface area (Å²) < 4.78 is 51.3. The summed E-state index contributed by atoms with van der Waals surface area (Å²) in [5.74, 6) is -0.938. The summed E-state index contributed by atoms with van der Waals surface area (Å²) in [5, 5.41) is 15.6. The van der Waals surface area contributed by atoms with Crippen molar-refractivity contribution in [2.75, 3.05) is 45.5 Å². The van der Waals surface area contributed by atoms with Crippen molar-refractivity contribution in [3.05, 3.63) is 287 Å². The number of fused-ring (bicyclic) bond motifs is 10. The van der Waals surface area contributed by atoms with E-state index in [9.17, 15) is 19.5 Å². The fourth-order valence-electron chi connectivity index (χ4n) is 13.9. The van der Waals surface area contributed by atoms with Crippen LogP contribution in [0, 0.1) is 0 Å². The molecule has 1 amide bonds. The molecule has 15 rings (SSSR count). The molecule has 11 aromatic rings. The van der Waals surface area contributed by atoms with Gasteiger partial charge in [-0.3, -0.25) is 5.32 Å². The van der Waals surface area contributed by atoms with Crippen LogP contribution in [0.3, 0.4) is 0 Å². The molecule has 0 unspecified atom stereocenters. The summed E-state index contributed by atoms with van der Waals surface area (Å²) in [6.45, 7) is -0.642. The van der Waals surface area contributed by atoms with Crippen molar-refractivity contribution in [1.82, 2.24) is 19.5 Å². The van der Waals surface area contributed by atoms with Gasteiger partial charge in [0.1, 0.15) is 43.4 Å². The first-order chi connectivity index (χ1) is 45.7. The zero-order valence-corrected chi connectivity index (χ0v) is 50.3. The van der Waals surface area contributed by atoms with Crippen LogP contribution in [0.1, 0.15) is 73.9 Å². The van der Waals surface area contributed by atoms with E-state index in [-0.39, 0.29) is 73.8 Å². The fraction of sp³-hybridized carbons (Fsp3) is 0.184. The lowest BCUT2D eigenvalue weighted by Crippen LogP contribution is -2.54. The minimum atomic E-state index is -1.61. The number of rotatable bonds is 17. The van der Waals surface area contributed by atoms with Crippen molar-refractivity contribution >= 4 is 35.5 Å². The topological polar surface area (TPSA) is 201 Å². The van der Waals surface area contributed by atoms with Gasteiger partial charge in [-0.2, -0.15) is 9.97 Å². The van der Waals surface area contributed by atoms with Crippen LogP contribution in [0.4, 0.5) is 20.3 Å². The number of aliphatic hydroxyl groups is 1. The Balaban J connectivity index is 0.764. The van der Waals surface area contributed by atoms with Crippen LogP contribution in [0.15, 0.2) is 237 Å². The van der Waals surface area contributed by atoms with Crippen molar-refractivity contribution in [2.24, 2.45) is 0 Å². The molecule has 3 aliphatic carbocycles. The predicted octanol–water partition coefficient (Wildman–Crippen LogP) is 14.2. The summed E-state index contributed by atoms with van der Waals surface area (Å²) in [5.41, 5.74) is 13.3. The molecule has 4 aliphatic rings. The molecule has 9 aromatic carbocycles. The maximum atomic E-state index is 14.6. The third kappa shape index (κ3) is 10.8. The van der Waals surface area contributed by atoms with E-state index < -0.39 is 48.4 Å². The first kappa shape index (κ1) is 58.4. The summed E-state index contributed by atoms with van der Waals surface area (Å²) in [7, 11) is 1.60. The van der Waals surface area contributed by atoms with Gasteiger partial charge in [-0.1, -0.05) is 218 Å². The van der Waals surface area contributed by atoms with E-state index >= 15 is 0 Å². The lowest BCUT2D eigenvalue weighted by Gasteiger charge is -2.42. The normalized spacial score (nSPS) is 17.1. The van der Waals surface area contributed by atoms with E-state index in [0.717, 1.165) is 83.5 Å². The average Bonchev–Trinajstić information content (AvgIpc) is 1.60. The summed E-state index contributed by atoms with van der Waals surface area (Å²) >= 11 is 0. The van der Waals surface area contributed by atoms with E-state index in [1.165, 1.54) is 10.9 Å². The highest BCUT2D eigenvalue weighted by Gasteiger charge is 2.47. The minimum absolute atomic E-state index is 0.0105. The number of carbonyl (C=O) groups excluding carboxylic acids is 3. The second kappa shape index (κ2) is 25.0. The van der Waals surface area contributed by atoms with E-state index in [1.807, 2.05) is 231 Å². The molecule has 1 fully saturated rings. The van der Waals surface area contributed by atoms with Crippen molar-refractivity contribution in [3.63, 3.8) is 0 Å². The number of aromatic nitrogens is 4. The van der Waals surface area contributed by atoms with Gasteiger partial charge in [0.25, 0.3) is 5.88 Å². The molecule has 1 aliphatic heterocycles. The standard InChI is InChI=1S/C76H61N5O12/c1-86-49-38-36-48(37-39-49)76(46-20-4-2-5-21-46,47-22-6-3-7-23-47)91-44-66-68(82)69(92-74(84)89-41-63-58-32-16-10-26-52(58)53-27-11-17-33-59(53)63)65(43-87-66)81-45-77-67-70(81)78-72(80-73(83)88-40-62-56-30-14-8-24-50(56)51-25-9-15-31-57(51)62)79-71(67)93-75(85)90-42-64-60-34-18-12-28-54(60)55-29-13-19-35-61(55)64/h2-39,45,62-66,68-69,82H,40-44H2,1H3,(H,78,79,80,83)/t65-,66-,68-,69+/m1/s1. The van der Waals surface area contributed by atoms with E-state index in [4.69, 9.17) is 42.9 Å². The monoisotopic (exact) mass is 1240 g/mol. The number of anilines is 1. The Bertz CT molecular complexity index is 4430. The molecule has 0 radical (unpaired) electrons. The molecule has 0 saturated carbocycles. The molecule has 2 aromatic heterocycles. The summed E-state index contributed by atoms with van der Waals surface area (Å²) in [6.07, 6.45) is -5.90. The molecule has 3 heterocycles. The molecule has 93 heavy (non-hydrogen) atoms. The predicted molar refractivity (Wildman–Crippen MR) is 346 cm³/mol. The van der Waals surface area contributed by atoms with Gasteiger partial charge in [-0.25, -0.2) is 19.4 Å². The van der Waals surface area contributed by atoms with Crippen LogP contribution in [-0.2, 0) is 34.0 Å². The summed E-state index contributed by atoms with van der Waals surface area (Å²) in [6, 6.07) is 73.8. The minimum Gasteiger partial charge on any atom is -0.497 e. The Hall–Kier alpha value is -11.0. The number of ether oxygens (including phenoxy) is 8. The molecule has 2 N–H and O–H groups in total. The number of nitrogens with zero attached hydrogens (tertiary/aromatic N) is 4. The molecule has 0 bridgehead atoms. The number of hydrogen-bond acceptors (Lipinski definition) is 15. The number of hydrogen-bond donors (Lipinski definition) is 2. The zero-order chi connectivity index (χ0) is 63.0. The van der Waals surface area contributed by atoms with E-state index in [1.54, 1.807) is 7.11 Å². The van der Waals surface area contributed by atoms with Gasteiger partial charge in [0.05, 0.1) is 32.7 Å². The first-order valence-electron chi connectivity index (χ1n) is 30.8. The first-order valence-corrected chi connectivity index (χ1v) is 30.8. The van der Waals surface area contributed by atoms with Crippen LogP contribution < -0.4 is 14.8 Å². The van der Waals surface area contributed by atoms with Gasteiger partial charge in [-0.05, 0) is 95.6 Å². The second-order valence-corrected chi connectivity index (χ2v) is 23.3. The number of methoxy groups -OCH3 is 1. The second-order valence-electron chi connectivity index (χ2n) is 23.3. The Morgan fingerprint density at radius 2 is 0.957 bits per heavy atom. The average molecular weight is 1240 g/mol. The van der Waals surface area contributed by atoms with Crippen molar-refractivity contribution in [2.45, 2.75) is 47.7 Å². The molecule has 462 valence electrons. The number of nitrogens with one attached hydrogen (secondary N) is 1. The Kier molecular flexibility index (Phi) is 15.7. The van der Waals surface area contributed by atoms with Crippen LogP contribution in [-0.4, -0.2) is 101 Å². The van der Waals surface area contributed by atoms with Crippen LogP contribution >= 0.6 is 0 Å². The van der Waals surface area contributed by atoms with Crippen molar-refractivity contribution in [3.8, 4) is 45.0 Å². The van der Waals surface area contributed by atoms with Crippen LogP contribution in [0.5, 0.6) is 11.6 Å². The Morgan fingerprint density at radius 3 is 1.43 bits per heavy atom. The zero-order valence-electron chi connectivity index (χ0n) is 50.3. The number of amides is 1. The smallest absolute Gasteiger partial charge is 0.497 e. The maximum Gasteiger partial charge on any atom is 0.515 e. The highest BCUT2D eigenvalue weighted by atomic mass is 16.7. The number of benzene rings is 9. The van der Waals surface area contributed by atoms with E-state index in [0.29, 0.717) is 5.75 Å². The van der Waals surface area contributed by atoms with Crippen molar-refractivity contribution in [1.29, 1.82) is 0 Å². The Morgan fingerprint density at radius 1 is 0.527 bits per heavy atom. The molecule has 0 spiro atoms. The van der Waals surface area contributed by atoms with E-state index in [2.05, 4.69) is 15.3 Å². The largest absolute Gasteiger partial charge is 0.515 e. The van der Waals surface area contributed by atoms with Gasteiger partial charge in [0.2, 0.25) is 5.95 Å². The Labute approximate surface area is 535 Å². The summed E-state index contributed by atoms with van der Waals surface area (Å²) in [4.78, 5) is 56.8. The SMILES string of the molecule is COc1ccc(C(OC[C@H]2OC[C@@H](n3cnc4c(OC(=O)OCC5c6ccccc6-c6ccccc65)nc(NC(=O)OCC5c6ccccc6-c6ccccc65)nc43)[C@H](OC(=O)OCC3c4ccccc4-c4ccccc43)[C@@H]2O)(c2ccccc2)c2ccccc2)cc1. The molecular weight excluding hydrogens is 1170 g/mol. The van der Waals surface area contributed by atoms with Crippen LogP contribution in [0.25, 0.3) is 44.5 Å². The number of imidazole rings is 1. The lowest BCUT2D eigenvalue weighted by molar-refractivity contribution is -0.189.